The average Bonchev–Trinajstić information content (AvgIpc) is 2.04. The molecule has 0 aromatic rings. The van der Waals surface area contributed by atoms with Crippen molar-refractivity contribution >= 4 is 11.8 Å². The molecule has 0 aliphatic heterocycles. The summed E-state index contributed by atoms with van der Waals surface area (Å²) in [4.78, 5) is 22.0. The van der Waals surface area contributed by atoms with Gasteiger partial charge in [-0.3, -0.25) is 9.59 Å². The topological polar surface area (TPSA) is 52.6 Å². The summed E-state index contributed by atoms with van der Waals surface area (Å²) in [5.74, 6) is -0.608. The molecule has 0 rings (SSSR count). The maximum Gasteiger partial charge on any atom is 0.313 e. The molecule has 13 heavy (non-hydrogen) atoms. The smallest absolute Gasteiger partial charge is 0.313 e. The van der Waals surface area contributed by atoms with Crippen LogP contribution in [0.25, 0.3) is 0 Å². The van der Waals surface area contributed by atoms with Crippen molar-refractivity contribution in [3.05, 3.63) is 0 Å². The summed E-state index contributed by atoms with van der Waals surface area (Å²) in [6.07, 6.45) is -0.0291. The van der Waals surface area contributed by atoms with Crippen LogP contribution in [-0.2, 0) is 19.1 Å². The van der Waals surface area contributed by atoms with E-state index in [-0.39, 0.29) is 24.7 Å². The normalized spacial score (nSPS) is 12.2. The molecule has 1 unspecified atom stereocenters. The first-order valence-electron chi connectivity index (χ1n) is 4.30. The molecule has 0 amide bonds. The highest BCUT2D eigenvalue weighted by Crippen LogP contribution is 2.00. The first-order valence-corrected chi connectivity index (χ1v) is 4.30. The first kappa shape index (κ1) is 12.1. The predicted molar refractivity (Wildman–Crippen MR) is 47.3 cm³/mol. The molecule has 0 aliphatic rings. The second-order valence-electron chi connectivity index (χ2n) is 2.77. The molecule has 0 saturated heterocycles. The Morgan fingerprint density at radius 2 is 2.00 bits per heavy atom. The molecule has 4 nitrogen and oxygen atoms in total. The largest absolute Gasteiger partial charge is 0.466 e. The van der Waals surface area contributed by atoms with Crippen LogP contribution in [0, 0.1) is 0 Å². The summed E-state index contributed by atoms with van der Waals surface area (Å²) >= 11 is 0. The van der Waals surface area contributed by atoms with Crippen LogP contribution in [-0.4, -0.2) is 31.6 Å². The zero-order chi connectivity index (χ0) is 10.3. The lowest BCUT2D eigenvalue weighted by Crippen LogP contribution is -2.16. The lowest BCUT2D eigenvalue weighted by atomic mass is 10.1. The second kappa shape index (κ2) is 6.60. The van der Waals surface area contributed by atoms with Gasteiger partial charge < -0.3 is 9.47 Å². The van der Waals surface area contributed by atoms with E-state index in [4.69, 9.17) is 4.74 Å². The molecule has 0 N–H and O–H groups in total. The van der Waals surface area contributed by atoms with Gasteiger partial charge in [-0.25, -0.2) is 0 Å². The number of carbonyl (C=O) groups excluding carboxylic acids is 2. The highest BCUT2D eigenvalue weighted by Gasteiger charge is 2.13. The Balaban J connectivity index is 3.67. The van der Waals surface area contributed by atoms with Gasteiger partial charge in [-0.05, 0) is 13.8 Å². The fraction of sp³-hybridized carbons (Fsp3) is 0.778. The van der Waals surface area contributed by atoms with E-state index in [2.05, 4.69) is 4.74 Å². The van der Waals surface area contributed by atoms with E-state index in [1.807, 2.05) is 0 Å². The number of Topliss-reactive ketones (excluding diaryl/α,β-unsaturated/α-hetero) is 1. The summed E-state index contributed by atoms with van der Waals surface area (Å²) in [7, 11) is 1.53. The third kappa shape index (κ3) is 6.28. The van der Waals surface area contributed by atoms with Crippen LogP contribution >= 0.6 is 0 Å². The molecule has 4 heteroatoms. The minimum absolute atomic E-state index is 0.137. The number of methoxy groups -OCH3 is 1. The van der Waals surface area contributed by atoms with Crippen molar-refractivity contribution in [3.8, 4) is 0 Å². The molecule has 0 bridgehead atoms. The quantitative estimate of drug-likeness (QED) is 0.459. The summed E-state index contributed by atoms with van der Waals surface area (Å²) in [6, 6.07) is 0. The molecule has 0 aromatic carbocycles. The number of rotatable bonds is 6. The monoisotopic (exact) mass is 188 g/mol. The van der Waals surface area contributed by atoms with Crippen molar-refractivity contribution in [2.75, 3.05) is 13.7 Å². The van der Waals surface area contributed by atoms with Crippen LogP contribution < -0.4 is 0 Å². The minimum Gasteiger partial charge on any atom is -0.466 e. The van der Waals surface area contributed by atoms with E-state index in [9.17, 15) is 9.59 Å². The average molecular weight is 188 g/mol. The number of ether oxygens (including phenoxy) is 2. The molecule has 0 spiro atoms. The van der Waals surface area contributed by atoms with Crippen molar-refractivity contribution in [1.82, 2.24) is 0 Å². The number of hydrogen-bond acceptors (Lipinski definition) is 4. The summed E-state index contributed by atoms with van der Waals surface area (Å²) < 4.78 is 9.52. The molecule has 0 saturated carbocycles. The van der Waals surface area contributed by atoms with Gasteiger partial charge in [0.25, 0.3) is 0 Å². The lowest BCUT2D eigenvalue weighted by Gasteiger charge is -2.07. The molecule has 0 fully saturated rings. The zero-order valence-corrected chi connectivity index (χ0v) is 8.33. The molecule has 0 aromatic heterocycles. The number of hydrogen-bond donors (Lipinski definition) is 0. The zero-order valence-electron chi connectivity index (χ0n) is 8.33. The van der Waals surface area contributed by atoms with Crippen molar-refractivity contribution in [2.45, 2.75) is 32.8 Å². The standard InChI is InChI=1S/C9H16O4/c1-4-13-9(11)6-8(10)5-7(2)12-3/h7H,4-6H2,1-3H3. The van der Waals surface area contributed by atoms with E-state index >= 15 is 0 Å². The van der Waals surface area contributed by atoms with E-state index in [1.165, 1.54) is 7.11 Å². The van der Waals surface area contributed by atoms with E-state index in [0.717, 1.165) is 0 Å². The fourth-order valence-corrected chi connectivity index (χ4v) is 0.849. The van der Waals surface area contributed by atoms with Gasteiger partial charge in [-0.15, -0.1) is 0 Å². The summed E-state index contributed by atoms with van der Waals surface area (Å²) in [6.45, 7) is 3.80. The first-order chi connectivity index (χ1) is 6.10. The van der Waals surface area contributed by atoms with Crippen LogP contribution in [0.5, 0.6) is 0 Å². The van der Waals surface area contributed by atoms with Crippen molar-refractivity contribution < 1.29 is 19.1 Å². The van der Waals surface area contributed by atoms with Crippen molar-refractivity contribution in [3.63, 3.8) is 0 Å². The molecular formula is C9H16O4. The van der Waals surface area contributed by atoms with Gasteiger partial charge in [0.2, 0.25) is 0 Å². The van der Waals surface area contributed by atoms with E-state index in [1.54, 1.807) is 13.8 Å². The van der Waals surface area contributed by atoms with Gasteiger partial charge in [0, 0.05) is 13.5 Å². The Kier molecular flexibility index (Phi) is 6.14. The van der Waals surface area contributed by atoms with E-state index < -0.39 is 5.97 Å². The van der Waals surface area contributed by atoms with Gasteiger partial charge in [0.05, 0.1) is 12.7 Å². The number of carbonyl (C=O) groups is 2. The molecule has 0 aliphatic carbocycles. The van der Waals surface area contributed by atoms with Crippen LogP contribution in [0.3, 0.4) is 0 Å². The minimum atomic E-state index is -0.462. The maximum atomic E-state index is 11.1. The molecule has 0 heterocycles. The van der Waals surface area contributed by atoms with Gasteiger partial charge in [-0.2, -0.15) is 0 Å². The maximum absolute atomic E-state index is 11.1. The fourth-order valence-electron chi connectivity index (χ4n) is 0.849. The SMILES string of the molecule is CCOC(=O)CC(=O)CC(C)OC. The van der Waals surface area contributed by atoms with Crippen LogP contribution in [0.15, 0.2) is 0 Å². The highest BCUT2D eigenvalue weighted by molar-refractivity contribution is 5.95. The Labute approximate surface area is 78.2 Å². The van der Waals surface area contributed by atoms with Gasteiger partial charge in [0.15, 0.2) is 0 Å². The summed E-state index contributed by atoms with van der Waals surface area (Å²) in [5, 5.41) is 0. The summed E-state index contributed by atoms with van der Waals surface area (Å²) in [5.41, 5.74) is 0. The number of esters is 1. The van der Waals surface area contributed by atoms with Crippen molar-refractivity contribution in [1.29, 1.82) is 0 Å². The van der Waals surface area contributed by atoms with Crippen LogP contribution in [0.2, 0.25) is 0 Å². The van der Waals surface area contributed by atoms with Crippen LogP contribution in [0.4, 0.5) is 0 Å². The second-order valence-corrected chi connectivity index (χ2v) is 2.77. The van der Waals surface area contributed by atoms with Gasteiger partial charge >= 0.3 is 5.97 Å². The molecule has 0 radical (unpaired) electrons. The van der Waals surface area contributed by atoms with Gasteiger partial charge in [0.1, 0.15) is 12.2 Å². The predicted octanol–water partition coefficient (Wildman–Crippen LogP) is 0.934. The Hall–Kier alpha value is -0.900. The molecule has 1 atom stereocenters. The number of ketones is 1. The lowest BCUT2D eigenvalue weighted by molar-refractivity contribution is -0.145. The van der Waals surface area contributed by atoms with Gasteiger partial charge in [-0.1, -0.05) is 0 Å². The Bertz CT molecular complexity index is 176. The van der Waals surface area contributed by atoms with Crippen molar-refractivity contribution in [2.24, 2.45) is 0 Å². The Morgan fingerprint density at radius 1 is 1.38 bits per heavy atom. The molecule has 76 valence electrons. The Morgan fingerprint density at radius 3 is 2.46 bits per heavy atom. The van der Waals surface area contributed by atoms with Crippen LogP contribution in [0.1, 0.15) is 26.7 Å². The third-order valence-electron chi connectivity index (χ3n) is 1.56. The molecular weight excluding hydrogens is 172 g/mol. The van der Waals surface area contributed by atoms with E-state index in [0.29, 0.717) is 6.61 Å². The third-order valence-corrected chi connectivity index (χ3v) is 1.56. The highest BCUT2D eigenvalue weighted by atomic mass is 16.5.